The number of hydrogen-bond donors (Lipinski definition) is 3. The number of ether oxygens (including phenoxy) is 1. The third-order valence-electron chi connectivity index (χ3n) is 2.91. The Labute approximate surface area is 115 Å². The standard InChI is InChI=1S/C14H14N4O2/c1-2-20-11-4-3-9-5-13(18-12(9)6-11)14(19)17-10-7-15-16-8-10/h3-8,18H,2H2,1H3,(H,15,16)(H,17,19). The van der Waals surface area contributed by atoms with Crippen molar-refractivity contribution in [3.05, 3.63) is 42.4 Å². The van der Waals surface area contributed by atoms with Crippen LogP contribution in [0.15, 0.2) is 36.7 Å². The van der Waals surface area contributed by atoms with Gasteiger partial charge in [0.1, 0.15) is 11.4 Å². The number of anilines is 1. The Morgan fingerprint density at radius 2 is 2.30 bits per heavy atom. The van der Waals surface area contributed by atoms with Gasteiger partial charge in [-0.3, -0.25) is 9.89 Å². The smallest absolute Gasteiger partial charge is 0.272 e. The number of rotatable bonds is 4. The van der Waals surface area contributed by atoms with Gasteiger partial charge in [0.2, 0.25) is 0 Å². The first-order valence-electron chi connectivity index (χ1n) is 6.32. The van der Waals surface area contributed by atoms with Crippen LogP contribution in [-0.4, -0.2) is 27.7 Å². The summed E-state index contributed by atoms with van der Waals surface area (Å²) in [4.78, 5) is 15.2. The molecule has 102 valence electrons. The van der Waals surface area contributed by atoms with Crippen LogP contribution in [-0.2, 0) is 0 Å². The van der Waals surface area contributed by atoms with E-state index < -0.39 is 0 Å². The van der Waals surface area contributed by atoms with Gasteiger partial charge in [-0.05, 0) is 25.1 Å². The second-order valence-electron chi connectivity index (χ2n) is 4.31. The van der Waals surface area contributed by atoms with Crippen LogP contribution in [0, 0.1) is 0 Å². The minimum Gasteiger partial charge on any atom is -0.494 e. The van der Waals surface area contributed by atoms with Crippen molar-refractivity contribution < 1.29 is 9.53 Å². The molecule has 20 heavy (non-hydrogen) atoms. The molecule has 2 aromatic heterocycles. The highest BCUT2D eigenvalue weighted by molar-refractivity contribution is 6.05. The van der Waals surface area contributed by atoms with Gasteiger partial charge >= 0.3 is 0 Å². The third kappa shape index (κ3) is 2.35. The van der Waals surface area contributed by atoms with E-state index in [-0.39, 0.29) is 5.91 Å². The molecule has 6 heteroatoms. The molecule has 0 aliphatic carbocycles. The highest BCUT2D eigenvalue weighted by Gasteiger charge is 2.10. The molecule has 0 aliphatic rings. The molecule has 0 saturated heterocycles. The third-order valence-corrected chi connectivity index (χ3v) is 2.91. The SMILES string of the molecule is CCOc1ccc2cc(C(=O)Nc3cn[nH]c3)[nH]c2c1. The van der Waals surface area contributed by atoms with Gasteiger partial charge in [-0.2, -0.15) is 5.10 Å². The molecular weight excluding hydrogens is 256 g/mol. The Kier molecular flexibility index (Phi) is 3.12. The van der Waals surface area contributed by atoms with Crippen LogP contribution in [0.25, 0.3) is 10.9 Å². The predicted molar refractivity (Wildman–Crippen MR) is 76.0 cm³/mol. The van der Waals surface area contributed by atoms with Crippen molar-refractivity contribution in [3.63, 3.8) is 0 Å². The first-order chi connectivity index (χ1) is 9.76. The van der Waals surface area contributed by atoms with Crippen molar-refractivity contribution >= 4 is 22.5 Å². The van der Waals surface area contributed by atoms with Crippen molar-refractivity contribution in [2.24, 2.45) is 0 Å². The number of nitrogens with one attached hydrogen (secondary N) is 3. The number of aromatic amines is 2. The zero-order valence-corrected chi connectivity index (χ0v) is 10.9. The molecule has 0 saturated carbocycles. The molecule has 0 fully saturated rings. The van der Waals surface area contributed by atoms with Crippen LogP contribution in [0.4, 0.5) is 5.69 Å². The first kappa shape index (κ1) is 12.3. The lowest BCUT2D eigenvalue weighted by molar-refractivity contribution is 0.102. The van der Waals surface area contributed by atoms with Crippen molar-refractivity contribution in [1.82, 2.24) is 15.2 Å². The van der Waals surface area contributed by atoms with Gasteiger partial charge < -0.3 is 15.0 Å². The molecule has 2 heterocycles. The van der Waals surface area contributed by atoms with E-state index in [0.29, 0.717) is 18.0 Å². The second kappa shape index (κ2) is 5.08. The number of benzene rings is 1. The van der Waals surface area contributed by atoms with E-state index >= 15 is 0 Å². The van der Waals surface area contributed by atoms with Crippen LogP contribution in [0.3, 0.4) is 0 Å². The maximum Gasteiger partial charge on any atom is 0.272 e. The van der Waals surface area contributed by atoms with Crippen molar-refractivity contribution in [2.75, 3.05) is 11.9 Å². The molecule has 1 aromatic carbocycles. The Bertz CT molecular complexity index is 731. The van der Waals surface area contributed by atoms with Crippen LogP contribution in [0.1, 0.15) is 17.4 Å². The quantitative estimate of drug-likeness (QED) is 0.681. The van der Waals surface area contributed by atoms with Crippen molar-refractivity contribution in [3.8, 4) is 5.75 Å². The number of nitrogens with zero attached hydrogens (tertiary/aromatic N) is 1. The monoisotopic (exact) mass is 270 g/mol. The molecule has 1 amide bonds. The average molecular weight is 270 g/mol. The lowest BCUT2D eigenvalue weighted by atomic mass is 10.2. The largest absolute Gasteiger partial charge is 0.494 e. The van der Waals surface area contributed by atoms with Crippen molar-refractivity contribution in [2.45, 2.75) is 6.92 Å². The molecule has 0 bridgehead atoms. The average Bonchev–Trinajstić information content (AvgIpc) is 3.07. The van der Waals surface area contributed by atoms with Gasteiger partial charge in [0.05, 0.1) is 18.5 Å². The Morgan fingerprint density at radius 1 is 1.40 bits per heavy atom. The van der Waals surface area contributed by atoms with Crippen LogP contribution < -0.4 is 10.1 Å². The number of fused-ring (bicyclic) bond motifs is 1. The highest BCUT2D eigenvalue weighted by Crippen LogP contribution is 2.22. The Hall–Kier alpha value is -2.76. The van der Waals surface area contributed by atoms with Crippen LogP contribution in [0.5, 0.6) is 5.75 Å². The molecule has 0 aliphatic heterocycles. The number of H-pyrrole nitrogens is 2. The summed E-state index contributed by atoms with van der Waals surface area (Å²) < 4.78 is 5.44. The van der Waals surface area contributed by atoms with E-state index in [2.05, 4.69) is 20.5 Å². The van der Waals surface area contributed by atoms with E-state index in [1.807, 2.05) is 25.1 Å². The normalized spacial score (nSPS) is 10.7. The van der Waals surface area contributed by atoms with E-state index in [1.165, 1.54) is 0 Å². The summed E-state index contributed by atoms with van der Waals surface area (Å²) in [6.45, 7) is 2.54. The molecule has 6 nitrogen and oxygen atoms in total. The van der Waals surface area contributed by atoms with Gasteiger partial charge in [0.25, 0.3) is 5.91 Å². The van der Waals surface area contributed by atoms with E-state index in [9.17, 15) is 4.79 Å². The van der Waals surface area contributed by atoms with E-state index in [1.54, 1.807) is 18.5 Å². The van der Waals surface area contributed by atoms with Gasteiger partial charge in [-0.25, -0.2) is 0 Å². The highest BCUT2D eigenvalue weighted by atomic mass is 16.5. The summed E-state index contributed by atoms with van der Waals surface area (Å²) in [7, 11) is 0. The lowest BCUT2D eigenvalue weighted by Crippen LogP contribution is -2.11. The van der Waals surface area contributed by atoms with Crippen LogP contribution >= 0.6 is 0 Å². The number of amides is 1. The maximum absolute atomic E-state index is 12.1. The summed E-state index contributed by atoms with van der Waals surface area (Å²) in [6, 6.07) is 7.50. The summed E-state index contributed by atoms with van der Waals surface area (Å²) >= 11 is 0. The number of hydrogen-bond acceptors (Lipinski definition) is 3. The van der Waals surface area contributed by atoms with Gasteiger partial charge in [-0.15, -0.1) is 0 Å². The van der Waals surface area contributed by atoms with E-state index in [4.69, 9.17) is 4.74 Å². The minimum absolute atomic E-state index is 0.208. The predicted octanol–water partition coefficient (Wildman–Crippen LogP) is 2.54. The summed E-state index contributed by atoms with van der Waals surface area (Å²) in [5, 5.41) is 10.1. The second-order valence-corrected chi connectivity index (χ2v) is 4.31. The molecule has 0 unspecified atom stereocenters. The topological polar surface area (TPSA) is 82.8 Å². The molecule has 0 atom stereocenters. The number of aromatic nitrogens is 3. The molecule has 0 radical (unpaired) electrons. The molecule has 0 spiro atoms. The van der Waals surface area contributed by atoms with Gasteiger partial charge in [0, 0.05) is 23.2 Å². The fraction of sp³-hybridized carbons (Fsp3) is 0.143. The fourth-order valence-corrected chi connectivity index (χ4v) is 2.00. The number of carbonyl (C=O) groups excluding carboxylic acids is 1. The summed E-state index contributed by atoms with van der Waals surface area (Å²) in [6.07, 6.45) is 3.17. The minimum atomic E-state index is -0.208. The first-order valence-corrected chi connectivity index (χ1v) is 6.32. The van der Waals surface area contributed by atoms with Gasteiger partial charge in [0.15, 0.2) is 0 Å². The Morgan fingerprint density at radius 3 is 3.05 bits per heavy atom. The zero-order chi connectivity index (χ0) is 13.9. The lowest BCUT2D eigenvalue weighted by Gasteiger charge is -2.01. The Balaban J connectivity index is 1.86. The van der Waals surface area contributed by atoms with Gasteiger partial charge in [-0.1, -0.05) is 0 Å². The molecule has 3 N–H and O–H groups in total. The van der Waals surface area contributed by atoms with Crippen molar-refractivity contribution in [1.29, 1.82) is 0 Å². The molecule has 3 aromatic rings. The molecule has 3 rings (SSSR count). The van der Waals surface area contributed by atoms with Crippen LogP contribution in [0.2, 0.25) is 0 Å². The zero-order valence-electron chi connectivity index (χ0n) is 10.9. The fourth-order valence-electron chi connectivity index (χ4n) is 2.00. The summed E-state index contributed by atoms with van der Waals surface area (Å²) in [5.41, 5.74) is 1.99. The summed E-state index contributed by atoms with van der Waals surface area (Å²) in [5.74, 6) is 0.573. The van der Waals surface area contributed by atoms with E-state index in [0.717, 1.165) is 16.7 Å². The maximum atomic E-state index is 12.1. The number of carbonyl (C=O) groups is 1. The molecular formula is C14H14N4O2.